The minimum Gasteiger partial charge on any atom is -0.367 e. The lowest BCUT2D eigenvalue weighted by Crippen LogP contribution is -2.53. The largest absolute Gasteiger partial charge is 0.367 e. The highest BCUT2D eigenvalue weighted by Gasteiger charge is 2.35. The quantitative estimate of drug-likeness (QED) is 0.873. The standard InChI is InChI=1S/C17H24N2O2/c1-17(16(18)21,14-10-6-3-7-11-14)19-15(20)12-13-8-4-2-5-9-13/h3,6-7,10-11,13H,2,4-5,8-9,12H2,1H3,(H2,18,21)(H,19,20). The number of carbonyl (C=O) groups excluding carboxylic acids is 2. The van der Waals surface area contributed by atoms with Gasteiger partial charge in [0.15, 0.2) is 0 Å². The monoisotopic (exact) mass is 288 g/mol. The average Bonchev–Trinajstić information content (AvgIpc) is 2.48. The Morgan fingerprint density at radius 3 is 2.38 bits per heavy atom. The lowest BCUT2D eigenvalue weighted by atomic mass is 9.86. The Bertz CT molecular complexity index is 495. The predicted octanol–water partition coefficient (Wildman–Crippen LogP) is 2.47. The normalized spacial score (nSPS) is 18.7. The summed E-state index contributed by atoms with van der Waals surface area (Å²) in [5.74, 6) is -0.190. The third-order valence-electron chi connectivity index (χ3n) is 4.43. The molecule has 0 saturated heterocycles. The van der Waals surface area contributed by atoms with Gasteiger partial charge in [0, 0.05) is 6.42 Å². The van der Waals surface area contributed by atoms with Crippen LogP contribution in [0.1, 0.15) is 51.0 Å². The van der Waals surface area contributed by atoms with Gasteiger partial charge in [-0.05, 0) is 31.2 Å². The van der Waals surface area contributed by atoms with E-state index >= 15 is 0 Å². The molecule has 0 spiro atoms. The molecule has 1 unspecified atom stereocenters. The highest BCUT2D eigenvalue weighted by molar-refractivity contribution is 5.91. The fourth-order valence-electron chi connectivity index (χ4n) is 3.03. The summed E-state index contributed by atoms with van der Waals surface area (Å²) in [6.07, 6.45) is 6.35. The summed E-state index contributed by atoms with van der Waals surface area (Å²) in [6.45, 7) is 1.67. The van der Waals surface area contributed by atoms with Gasteiger partial charge in [0.05, 0.1) is 0 Å². The summed E-state index contributed by atoms with van der Waals surface area (Å²) in [5.41, 5.74) is 5.10. The van der Waals surface area contributed by atoms with Crippen molar-refractivity contribution in [2.75, 3.05) is 0 Å². The van der Waals surface area contributed by atoms with Gasteiger partial charge in [0.2, 0.25) is 11.8 Å². The van der Waals surface area contributed by atoms with Crippen molar-refractivity contribution in [3.05, 3.63) is 35.9 Å². The second-order valence-corrected chi connectivity index (χ2v) is 6.11. The summed E-state index contributed by atoms with van der Waals surface area (Å²) < 4.78 is 0. The lowest BCUT2D eigenvalue weighted by Gasteiger charge is -2.29. The predicted molar refractivity (Wildman–Crippen MR) is 82.3 cm³/mol. The zero-order valence-corrected chi connectivity index (χ0v) is 12.6. The van der Waals surface area contributed by atoms with Crippen LogP contribution in [-0.2, 0) is 15.1 Å². The zero-order chi connectivity index (χ0) is 15.3. The van der Waals surface area contributed by atoms with Crippen LogP contribution in [0, 0.1) is 5.92 Å². The Labute approximate surface area is 126 Å². The van der Waals surface area contributed by atoms with Crippen molar-refractivity contribution in [1.82, 2.24) is 5.32 Å². The minimum atomic E-state index is -1.15. The Hall–Kier alpha value is -1.84. The van der Waals surface area contributed by atoms with E-state index in [9.17, 15) is 9.59 Å². The maximum Gasteiger partial charge on any atom is 0.247 e. The molecule has 1 atom stereocenters. The van der Waals surface area contributed by atoms with Crippen LogP contribution in [0.25, 0.3) is 0 Å². The van der Waals surface area contributed by atoms with Crippen molar-refractivity contribution in [1.29, 1.82) is 0 Å². The first kappa shape index (κ1) is 15.5. The van der Waals surface area contributed by atoms with Gasteiger partial charge in [0.1, 0.15) is 5.54 Å². The fourth-order valence-corrected chi connectivity index (χ4v) is 3.03. The molecule has 0 aromatic heterocycles. The van der Waals surface area contributed by atoms with E-state index in [0.717, 1.165) is 18.4 Å². The minimum absolute atomic E-state index is 0.0907. The third kappa shape index (κ3) is 3.84. The van der Waals surface area contributed by atoms with Gasteiger partial charge in [0.25, 0.3) is 0 Å². The Kier molecular flexibility index (Phi) is 4.99. The average molecular weight is 288 g/mol. The molecule has 1 aromatic carbocycles. The molecule has 4 heteroatoms. The number of primary amides is 1. The summed E-state index contributed by atoms with van der Waals surface area (Å²) in [4.78, 5) is 24.1. The van der Waals surface area contributed by atoms with Crippen LogP contribution in [0.5, 0.6) is 0 Å². The SMILES string of the molecule is CC(NC(=O)CC1CCCCC1)(C(N)=O)c1ccccc1. The van der Waals surface area contributed by atoms with E-state index in [1.807, 2.05) is 30.3 Å². The molecule has 1 aromatic rings. The van der Waals surface area contributed by atoms with Crippen LogP contribution in [-0.4, -0.2) is 11.8 Å². The first-order valence-corrected chi connectivity index (χ1v) is 7.69. The van der Waals surface area contributed by atoms with Gasteiger partial charge in [-0.15, -0.1) is 0 Å². The van der Waals surface area contributed by atoms with E-state index in [1.165, 1.54) is 19.3 Å². The van der Waals surface area contributed by atoms with E-state index in [2.05, 4.69) is 5.32 Å². The van der Waals surface area contributed by atoms with Crippen LogP contribution in [0.15, 0.2) is 30.3 Å². The topological polar surface area (TPSA) is 72.2 Å². The first-order chi connectivity index (χ1) is 10.0. The van der Waals surface area contributed by atoms with Crippen molar-refractivity contribution in [3.63, 3.8) is 0 Å². The molecular formula is C17H24N2O2. The maximum atomic E-state index is 12.3. The number of carbonyl (C=O) groups is 2. The highest BCUT2D eigenvalue weighted by Crippen LogP contribution is 2.27. The fraction of sp³-hybridized carbons (Fsp3) is 0.529. The molecule has 0 bridgehead atoms. The number of hydrogen-bond acceptors (Lipinski definition) is 2. The van der Waals surface area contributed by atoms with E-state index in [0.29, 0.717) is 12.3 Å². The van der Waals surface area contributed by atoms with Gasteiger partial charge in [-0.3, -0.25) is 9.59 Å². The molecule has 21 heavy (non-hydrogen) atoms. The number of nitrogens with one attached hydrogen (secondary N) is 1. The van der Waals surface area contributed by atoms with Gasteiger partial charge < -0.3 is 11.1 Å². The molecule has 4 nitrogen and oxygen atoms in total. The zero-order valence-electron chi connectivity index (χ0n) is 12.6. The molecule has 0 heterocycles. The van der Waals surface area contributed by atoms with Gasteiger partial charge in [-0.25, -0.2) is 0 Å². The summed E-state index contributed by atoms with van der Waals surface area (Å²) >= 11 is 0. The summed E-state index contributed by atoms with van der Waals surface area (Å²) in [6, 6.07) is 9.17. The van der Waals surface area contributed by atoms with Crippen LogP contribution >= 0.6 is 0 Å². The number of hydrogen-bond donors (Lipinski definition) is 2. The number of amides is 2. The van der Waals surface area contributed by atoms with Crippen LogP contribution < -0.4 is 11.1 Å². The Morgan fingerprint density at radius 1 is 1.19 bits per heavy atom. The maximum absolute atomic E-state index is 12.3. The smallest absolute Gasteiger partial charge is 0.247 e. The molecule has 0 aliphatic heterocycles. The molecule has 1 aliphatic carbocycles. The first-order valence-electron chi connectivity index (χ1n) is 7.69. The summed E-state index contributed by atoms with van der Waals surface area (Å²) in [7, 11) is 0. The molecule has 2 amide bonds. The van der Waals surface area contributed by atoms with Crippen molar-refractivity contribution in [2.24, 2.45) is 11.7 Å². The second-order valence-electron chi connectivity index (χ2n) is 6.11. The number of benzene rings is 1. The third-order valence-corrected chi connectivity index (χ3v) is 4.43. The van der Waals surface area contributed by atoms with Crippen LogP contribution in [0.3, 0.4) is 0 Å². The van der Waals surface area contributed by atoms with Gasteiger partial charge in [-0.1, -0.05) is 49.6 Å². The highest BCUT2D eigenvalue weighted by atomic mass is 16.2. The van der Waals surface area contributed by atoms with Crippen LogP contribution in [0.2, 0.25) is 0 Å². The number of nitrogens with two attached hydrogens (primary N) is 1. The molecule has 1 aliphatic rings. The Balaban J connectivity index is 2.05. The lowest BCUT2D eigenvalue weighted by molar-refractivity contribution is -0.132. The molecule has 1 saturated carbocycles. The molecule has 0 radical (unpaired) electrons. The van der Waals surface area contributed by atoms with Crippen LogP contribution in [0.4, 0.5) is 0 Å². The van der Waals surface area contributed by atoms with Gasteiger partial charge >= 0.3 is 0 Å². The van der Waals surface area contributed by atoms with E-state index in [4.69, 9.17) is 5.73 Å². The van der Waals surface area contributed by atoms with E-state index < -0.39 is 11.4 Å². The van der Waals surface area contributed by atoms with Gasteiger partial charge in [-0.2, -0.15) is 0 Å². The molecule has 2 rings (SSSR count). The van der Waals surface area contributed by atoms with E-state index in [-0.39, 0.29) is 5.91 Å². The second kappa shape index (κ2) is 6.74. The summed E-state index contributed by atoms with van der Waals surface area (Å²) in [5, 5.41) is 2.84. The van der Waals surface area contributed by atoms with Crippen molar-refractivity contribution >= 4 is 11.8 Å². The molecule has 114 valence electrons. The Morgan fingerprint density at radius 2 is 1.81 bits per heavy atom. The van der Waals surface area contributed by atoms with E-state index in [1.54, 1.807) is 6.92 Å². The molecular weight excluding hydrogens is 264 g/mol. The van der Waals surface area contributed by atoms with Crippen molar-refractivity contribution in [2.45, 2.75) is 51.0 Å². The molecule has 3 N–H and O–H groups in total. The van der Waals surface area contributed by atoms with Crippen molar-refractivity contribution < 1.29 is 9.59 Å². The number of rotatable bonds is 5. The van der Waals surface area contributed by atoms with Crippen molar-refractivity contribution in [3.8, 4) is 0 Å². The molecule has 1 fully saturated rings.